The Morgan fingerprint density at radius 3 is 2.43 bits per heavy atom. The molecule has 0 bridgehead atoms. The van der Waals surface area contributed by atoms with Crippen molar-refractivity contribution in [2.24, 2.45) is 17.8 Å². The van der Waals surface area contributed by atoms with Crippen LogP contribution in [0.3, 0.4) is 0 Å². The number of esters is 1. The summed E-state index contributed by atoms with van der Waals surface area (Å²) in [4.78, 5) is 27.9. The minimum atomic E-state index is -0.551. The fourth-order valence-electron chi connectivity index (χ4n) is 2.84. The van der Waals surface area contributed by atoms with Gasteiger partial charge in [-0.05, 0) is 43.4 Å². The van der Waals surface area contributed by atoms with E-state index in [0.717, 1.165) is 24.3 Å². The van der Waals surface area contributed by atoms with Gasteiger partial charge in [-0.25, -0.2) is 9.78 Å². The fraction of sp³-hybridized carbons (Fsp3) is 0.667. The lowest BCUT2D eigenvalue weighted by molar-refractivity contribution is 0.0591. The van der Waals surface area contributed by atoms with E-state index in [2.05, 4.69) is 15.0 Å². The summed E-state index contributed by atoms with van der Waals surface area (Å²) in [6.45, 7) is 2.34. The van der Waals surface area contributed by atoms with Crippen LogP contribution < -0.4 is 5.32 Å². The van der Waals surface area contributed by atoms with Gasteiger partial charge in [0.25, 0.3) is 0 Å². The zero-order chi connectivity index (χ0) is 15.0. The Morgan fingerprint density at radius 2 is 1.95 bits per heavy atom. The SMILES string of the molecule is COC(=O)c1nc(NCC(C2CC2)C2CC2)sc1C(C)=O. The Balaban J connectivity index is 1.69. The highest BCUT2D eigenvalue weighted by atomic mass is 32.1. The average Bonchev–Trinajstić information content (AvgIpc) is 3.37. The van der Waals surface area contributed by atoms with Gasteiger partial charge in [0, 0.05) is 13.5 Å². The molecule has 1 N–H and O–H groups in total. The Kier molecular flexibility index (Phi) is 3.97. The number of hydrogen-bond donors (Lipinski definition) is 1. The van der Waals surface area contributed by atoms with Crippen LogP contribution in [0.5, 0.6) is 0 Å². The van der Waals surface area contributed by atoms with Crippen molar-refractivity contribution in [3.8, 4) is 0 Å². The molecule has 3 rings (SSSR count). The van der Waals surface area contributed by atoms with Crippen LogP contribution in [-0.2, 0) is 4.74 Å². The van der Waals surface area contributed by atoms with Crippen molar-refractivity contribution in [1.82, 2.24) is 4.98 Å². The topological polar surface area (TPSA) is 68.3 Å². The molecule has 1 aromatic heterocycles. The van der Waals surface area contributed by atoms with E-state index < -0.39 is 5.97 Å². The molecule has 0 aromatic carbocycles. The van der Waals surface area contributed by atoms with Crippen LogP contribution in [0.15, 0.2) is 0 Å². The van der Waals surface area contributed by atoms with Crippen LogP contribution in [-0.4, -0.2) is 30.4 Å². The number of nitrogens with one attached hydrogen (secondary N) is 1. The van der Waals surface area contributed by atoms with Gasteiger partial charge < -0.3 is 10.1 Å². The van der Waals surface area contributed by atoms with E-state index in [1.54, 1.807) is 0 Å². The molecule has 5 nitrogen and oxygen atoms in total. The summed E-state index contributed by atoms with van der Waals surface area (Å²) in [5, 5.41) is 3.97. The molecule has 0 radical (unpaired) electrons. The number of rotatable bonds is 7. The third-order valence-electron chi connectivity index (χ3n) is 4.27. The quantitative estimate of drug-likeness (QED) is 0.619. The number of aromatic nitrogens is 1. The molecule has 2 aliphatic carbocycles. The fourth-order valence-corrected chi connectivity index (χ4v) is 3.70. The standard InChI is InChI=1S/C15H20N2O3S/c1-8(18)13-12(14(19)20-2)17-15(21-13)16-7-11(9-3-4-9)10-5-6-10/h9-11H,3-7H2,1-2H3,(H,16,17). The second kappa shape index (κ2) is 5.75. The zero-order valence-corrected chi connectivity index (χ0v) is 13.2. The van der Waals surface area contributed by atoms with E-state index in [4.69, 9.17) is 0 Å². The second-order valence-corrected chi connectivity index (χ2v) is 6.96. The molecule has 0 spiro atoms. The van der Waals surface area contributed by atoms with Crippen molar-refractivity contribution in [3.05, 3.63) is 10.6 Å². The molecule has 2 aliphatic rings. The smallest absolute Gasteiger partial charge is 0.358 e. The van der Waals surface area contributed by atoms with Crippen LogP contribution in [0.25, 0.3) is 0 Å². The summed E-state index contributed by atoms with van der Waals surface area (Å²) in [6.07, 6.45) is 5.36. The zero-order valence-electron chi connectivity index (χ0n) is 12.3. The maximum absolute atomic E-state index is 11.7. The van der Waals surface area contributed by atoms with Crippen molar-refractivity contribution in [2.45, 2.75) is 32.6 Å². The van der Waals surface area contributed by atoms with Crippen molar-refractivity contribution in [1.29, 1.82) is 0 Å². The molecule has 0 atom stereocenters. The Bertz CT molecular complexity index is 549. The van der Waals surface area contributed by atoms with E-state index in [1.807, 2.05) is 0 Å². The Hall–Kier alpha value is -1.43. The van der Waals surface area contributed by atoms with Crippen molar-refractivity contribution < 1.29 is 14.3 Å². The first-order valence-corrected chi connectivity index (χ1v) is 8.25. The molecule has 2 fully saturated rings. The van der Waals surface area contributed by atoms with Crippen molar-refractivity contribution >= 4 is 28.2 Å². The van der Waals surface area contributed by atoms with Crippen LogP contribution in [0.2, 0.25) is 0 Å². The highest BCUT2D eigenvalue weighted by Crippen LogP contribution is 2.49. The number of anilines is 1. The Labute approximate surface area is 128 Å². The largest absolute Gasteiger partial charge is 0.464 e. The second-order valence-electron chi connectivity index (χ2n) is 5.96. The number of methoxy groups -OCH3 is 1. The number of carbonyl (C=O) groups is 2. The van der Waals surface area contributed by atoms with Crippen LogP contribution >= 0.6 is 11.3 Å². The van der Waals surface area contributed by atoms with Gasteiger partial charge >= 0.3 is 5.97 Å². The van der Waals surface area contributed by atoms with E-state index in [9.17, 15) is 9.59 Å². The maximum atomic E-state index is 11.7. The minimum absolute atomic E-state index is 0.131. The summed E-state index contributed by atoms with van der Waals surface area (Å²) < 4.78 is 4.69. The van der Waals surface area contributed by atoms with Gasteiger partial charge in [0.15, 0.2) is 16.6 Å². The first-order chi connectivity index (χ1) is 10.1. The van der Waals surface area contributed by atoms with Gasteiger partial charge in [-0.15, -0.1) is 0 Å². The van der Waals surface area contributed by atoms with Crippen LogP contribution in [0, 0.1) is 17.8 Å². The molecule has 0 aliphatic heterocycles. The van der Waals surface area contributed by atoms with E-state index in [1.165, 1.54) is 51.1 Å². The molecule has 0 saturated heterocycles. The van der Waals surface area contributed by atoms with Crippen LogP contribution in [0.1, 0.15) is 52.8 Å². The maximum Gasteiger partial charge on any atom is 0.358 e. The number of thiazole rings is 1. The number of ketones is 1. The molecule has 2 saturated carbocycles. The van der Waals surface area contributed by atoms with Crippen molar-refractivity contribution in [2.75, 3.05) is 19.0 Å². The summed E-state index contributed by atoms with van der Waals surface area (Å²) in [6, 6.07) is 0. The number of ether oxygens (including phenoxy) is 1. The number of hydrogen-bond acceptors (Lipinski definition) is 6. The summed E-state index contributed by atoms with van der Waals surface area (Å²) in [5.74, 6) is 1.73. The first-order valence-electron chi connectivity index (χ1n) is 7.44. The first kappa shape index (κ1) is 14.5. The van der Waals surface area contributed by atoms with Gasteiger partial charge in [-0.1, -0.05) is 11.3 Å². The Morgan fingerprint density at radius 1 is 1.33 bits per heavy atom. The summed E-state index contributed by atoms with van der Waals surface area (Å²) in [5.41, 5.74) is 0.131. The highest BCUT2D eigenvalue weighted by Gasteiger charge is 2.41. The van der Waals surface area contributed by atoms with Gasteiger partial charge in [0.1, 0.15) is 4.88 Å². The van der Waals surface area contributed by atoms with E-state index in [0.29, 0.717) is 10.0 Å². The van der Waals surface area contributed by atoms with Gasteiger partial charge in [-0.3, -0.25) is 4.79 Å². The summed E-state index contributed by atoms with van der Waals surface area (Å²) >= 11 is 1.24. The average molecular weight is 308 g/mol. The molecule has 21 heavy (non-hydrogen) atoms. The minimum Gasteiger partial charge on any atom is -0.464 e. The monoisotopic (exact) mass is 308 g/mol. The van der Waals surface area contributed by atoms with Crippen molar-refractivity contribution in [3.63, 3.8) is 0 Å². The molecule has 0 unspecified atom stereocenters. The van der Waals surface area contributed by atoms with Gasteiger partial charge in [0.05, 0.1) is 7.11 Å². The third kappa shape index (κ3) is 3.26. The van der Waals surface area contributed by atoms with E-state index in [-0.39, 0.29) is 11.5 Å². The molecule has 1 aromatic rings. The molecule has 6 heteroatoms. The molecular formula is C15H20N2O3S. The van der Waals surface area contributed by atoms with Crippen LogP contribution in [0.4, 0.5) is 5.13 Å². The molecular weight excluding hydrogens is 288 g/mol. The highest BCUT2D eigenvalue weighted by molar-refractivity contribution is 7.17. The number of carbonyl (C=O) groups excluding carboxylic acids is 2. The molecule has 114 valence electrons. The molecule has 0 amide bonds. The lowest BCUT2D eigenvalue weighted by Gasteiger charge is -2.15. The lowest BCUT2D eigenvalue weighted by Crippen LogP contribution is -2.18. The third-order valence-corrected chi connectivity index (χ3v) is 5.38. The number of nitrogens with zero attached hydrogens (tertiary/aromatic N) is 1. The number of Topliss-reactive ketones (excluding diaryl/α,β-unsaturated/α-hetero) is 1. The predicted octanol–water partition coefficient (Wildman–Crippen LogP) is 2.98. The summed E-state index contributed by atoms with van der Waals surface area (Å²) in [7, 11) is 1.30. The van der Waals surface area contributed by atoms with Gasteiger partial charge in [0.2, 0.25) is 0 Å². The normalized spacial score (nSPS) is 17.9. The predicted molar refractivity (Wildman–Crippen MR) is 80.9 cm³/mol. The van der Waals surface area contributed by atoms with Gasteiger partial charge in [-0.2, -0.15) is 0 Å². The van der Waals surface area contributed by atoms with E-state index >= 15 is 0 Å². The molecule has 1 heterocycles. The lowest BCUT2D eigenvalue weighted by atomic mass is 9.98.